The van der Waals surface area contributed by atoms with Gasteiger partial charge in [0.15, 0.2) is 0 Å². The molecule has 1 heterocycles. The second-order valence-corrected chi connectivity index (χ2v) is 4.01. The normalized spacial score (nSPS) is 21.1. The zero-order valence-corrected chi connectivity index (χ0v) is 8.92. The molecule has 0 saturated carbocycles. The number of amides is 1. The summed E-state index contributed by atoms with van der Waals surface area (Å²) in [5, 5.41) is 6.10. The Balaban J connectivity index is 1.97. The number of benzene rings is 1. The summed E-state index contributed by atoms with van der Waals surface area (Å²) in [5.74, 6) is 0.0935. The number of hydrogen-bond donors (Lipinski definition) is 2. The Labute approximate surface area is 89.9 Å². The van der Waals surface area contributed by atoms with Gasteiger partial charge in [-0.25, -0.2) is 0 Å². The lowest BCUT2D eigenvalue weighted by molar-refractivity contribution is -0.121. The summed E-state index contributed by atoms with van der Waals surface area (Å²) >= 11 is 0. The molecule has 0 radical (unpaired) electrons. The Kier molecular flexibility index (Phi) is 3.02. The van der Waals surface area contributed by atoms with Gasteiger partial charge in [0, 0.05) is 12.6 Å². The van der Waals surface area contributed by atoms with Crippen LogP contribution in [-0.2, 0) is 11.2 Å². The number of aryl methyl sites for hydroxylation is 1. The maximum absolute atomic E-state index is 11.0. The van der Waals surface area contributed by atoms with Crippen LogP contribution >= 0.6 is 0 Å². The fraction of sp³-hybridized carbons (Fsp3) is 0.417. The van der Waals surface area contributed by atoms with E-state index in [0.29, 0.717) is 12.6 Å². The zero-order valence-electron chi connectivity index (χ0n) is 8.92. The third-order valence-electron chi connectivity index (χ3n) is 2.82. The van der Waals surface area contributed by atoms with Gasteiger partial charge in [0.2, 0.25) is 5.91 Å². The highest BCUT2D eigenvalue weighted by Crippen LogP contribution is 2.10. The summed E-state index contributed by atoms with van der Waals surface area (Å²) in [6, 6.07) is 8.74. The molecule has 1 aromatic rings. The van der Waals surface area contributed by atoms with Gasteiger partial charge in [0.1, 0.15) is 0 Å². The van der Waals surface area contributed by atoms with Crippen LogP contribution in [0.3, 0.4) is 0 Å². The molecule has 2 N–H and O–H groups in total. The van der Waals surface area contributed by atoms with Gasteiger partial charge < -0.3 is 10.6 Å². The largest absolute Gasteiger partial charge is 0.353 e. The van der Waals surface area contributed by atoms with Crippen molar-refractivity contribution in [2.45, 2.75) is 19.4 Å². The van der Waals surface area contributed by atoms with Crippen molar-refractivity contribution in [3.8, 4) is 0 Å². The van der Waals surface area contributed by atoms with Gasteiger partial charge in [0.25, 0.3) is 0 Å². The first-order valence-corrected chi connectivity index (χ1v) is 5.30. The average molecular weight is 204 g/mol. The monoisotopic (exact) mass is 204 g/mol. The molecule has 0 spiro atoms. The van der Waals surface area contributed by atoms with Crippen molar-refractivity contribution < 1.29 is 4.79 Å². The van der Waals surface area contributed by atoms with E-state index in [1.165, 1.54) is 11.1 Å². The van der Waals surface area contributed by atoms with Gasteiger partial charge in [-0.15, -0.1) is 0 Å². The van der Waals surface area contributed by atoms with Crippen LogP contribution in [0.4, 0.5) is 0 Å². The van der Waals surface area contributed by atoms with E-state index in [1.54, 1.807) is 0 Å². The molecular weight excluding hydrogens is 188 g/mol. The zero-order chi connectivity index (χ0) is 10.7. The molecule has 1 amide bonds. The lowest BCUT2D eigenvalue weighted by atomic mass is 10.0. The van der Waals surface area contributed by atoms with Gasteiger partial charge in [-0.1, -0.05) is 24.3 Å². The first-order chi connectivity index (χ1) is 7.25. The molecule has 3 heteroatoms. The predicted molar refractivity (Wildman–Crippen MR) is 59.7 cm³/mol. The number of carbonyl (C=O) groups is 1. The number of nitrogens with one attached hydrogen (secondary N) is 2. The van der Waals surface area contributed by atoms with Crippen molar-refractivity contribution in [1.82, 2.24) is 10.6 Å². The Hall–Kier alpha value is -1.35. The van der Waals surface area contributed by atoms with Crippen LogP contribution in [0.25, 0.3) is 0 Å². The number of rotatable bonds is 2. The first kappa shape index (κ1) is 10.2. The van der Waals surface area contributed by atoms with Gasteiger partial charge in [0.05, 0.1) is 6.54 Å². The summed E-state index contributed by atoms with van der Waals surface area (Å²) in [6.07, 6.45) is 0.979. The highest BCUT2D eigenvalue weighted by molar-refractivity contribution is 5.78. The maximum Gasteiger partial charge on any atom is 0.234 e. The minimum atomic E-state index is 0.0935. The Morgan fingerprint density at radius 1 is 1.40 bits per heavy atom. The maximum atomic E-state index is 11.0. The van der Waals surface area contributed by atoms with E-state index in [1.807, 2.05) is 0 Å². The molecule has 1 saturated heterocycles. The molecule has 0 aliphatic carbocycles. The summed E-state index contributed by atoms with van der Waals surface area (Å²) in [4.78, 5) is 11.0. The Morgan fingerprint density at radius 3 is 2.87 bits per heavy atom. The topological polar surface area (TPSA) is 41.1 Å². The molecule has 3 nitrogen and oxygen atoms in total. The third-order valence-corrected chi connectivity index (χ3v) is 2.82. The molecule has 1 aromatic carbocycles. The fourth-order valence-corrected chi connectivity index (χ4v) is 1.86. The van der Waals surface area contributed by atoms with Crippen molar-refractivity contribution >= 4 is 5.91 Å². The van der Waals surface area contributed by atoms with Gasteiger partial charge in [-0.2, -0.15) is 0 Å². The second kappa shape index (κ2) is 4.45. The van der Waals surface area contributed by atoms with Gasteiger partial charge in [-0.05, 0) is 24.5 Å². The predicted octanol–water partition coefficient (Wildman–Crippen LogP) is 0.626. The van der Waals surface area contributed by atoms with Crippen molar-refractivity contribution in [2.75, 3.05) is 13.1 Å². The van der Waals surface area contributed by atoms with E-state index in [9.17, 15) is 4.79 Å². The van der Waals surface area contributed by atoms with Crippen LogP contribution in [0.2, 0.25) is 0 Å². The van der Waals surface area contributed by atoms with Gasteiger partial charge >= 0.3 is 0 Å². The van der Waals surface area contributed by atoms with Crippen LogP contribution in [0.1, 0.15) is 11.1 Å². The standard InChI is InChI=1S/C12H16N2O/c1-9-4-2-3-5-10(9)6-11-7-14-12(15)8-13-11/h2-5,11,13H,6-8H2,1H3,(H,14,15). The van der Waals surface area contributed by atoms with Crippen LogP contribution in [0.5, 0.6) is 0 Å². The lowest BCUT2D eigenvalue weighted by Crippen LogP contribution is -2.52. The SMILES string of the molecule is Cc1ccccc1CC1CNC(=O)CN1. The van der Waals surface area contributed by atoms with Crippen LogP contribution in [0, 0.1) is 6.92 Å². The summed E-state index contributed by atoms with van der Waals surface area (Å²) in [7, 11) is 0. The molecule has 15 heavy (non-hydrogen) atoms. The summed E-state index contributed by atoms with van der Waals surface area (Å²) < 4.78 is 0. The molecule has 2 rings (SSSR count). The molecule has 0 aromatic heterocycles. The molecule has 1 atom stereocenters. The van der Waals surface area contributed by atoms with E-state index < -0.39 is 0 Å². The van der Waals surface area contributed by atoms with Crippen molar-refractivity contribution in [3.05, 3.63) is 35.4 Å². The summed E-state index contributed by atoms with van der Waals surface area (Å²) in [6.45, 7) is 3.29. The van der Waals surface area contributed by atoms with Crippen LogP contribution < -0.4 is 10.6 Å². The first-order valence-electron chi connectivity index (χ1n) is 5.30. The molecule has 0 bridgehead atoms. The number of piperazine rings is 1. The summed E-state index contributed by atoms with van der Waals surface area (Å²) in [5.41, 5.74) is 2.67. The van der Waals surface area contributed by atoms with E-state index in [4.69, 9.17) is 0 Å². The van der Waals surface area contributed by atoms with Crippen LogP contribution in [0.15, 0.2) is 24.3 Å². The number of hydrogen-bond acceptors (Lipinski definition) is 2. The highest BCUT2D eigenvalue weighted by Gasteiger charge is 2.17. The van der Waals surface area contributed by atoms with E-state index in [2.05, 4.69) is 41.8 Å². The van der Waals surface area contributed by atoms with E-state index in [-0.39, 0.29) is 5.91 Å². The molecular formula is C12H16N2O. The fourth-order valence-electron chi connectivity index (χ4n) is 1.86. The molecule has 1 fully saturated rings. The lowest BCUT2D eigenvalue weighted by Gasteiger charge is -2.24. The van der Waals surface area contributed by atoms with Crippen molar-refractivity contribution in [2.24, 2.45) is 0 Å². The minimum Gasteiger partial charge on any atom is -0.353 e. The minimum absolute atomic E-state index is 0.0935. The Morgan fingerprint density at radius 2 is 2.20 bits per heavy atom. The average Bonchev–Trinajstić information content (AvgIpc) is 2.25. The second-order valence-electron chi connectivity index (χ2n) is 4.01. The van der Waals surface area contributed by atoms with Crippen molar-refractivity contribution in [3.63, 3.8) is 0 Å². The van der Waals surface area contributed by atoms with Gasteiger partial charge in [-0.3, -0.25) is 4.79 Å². The molecule has 80 valence electrons. The van der Waals surface area contributed by atoms with E-state index in [0.717, 1.165) is 13.0 Å². The molecule has 1 aliphatic rings. The highest BCUT2D eigenvalue weighted by atomic mass is 16.2. The third kappa shape index (κ3) is 2.57. The van der Waals surface area contributed by atoms with Crippen LogP contribution in [-0.4, -0.2) is 25.0 Å². The smallest absolute Gasteiger partial charge is 0.234 e. The Bertz CT molecular complexity index is 352. The molecule has 1 unspecified atom stereocenters. The quantitative estimate of drug-likeness (QED) is 0.741. The van der Waals surface area contributed by atoms with Crippen molar-refractivity contribution in [1.29, 1.82) is 0 Å². The number of carbonyl (C=O) groups excluding carboxylic acids is 1. The van der Waals surface area contributed by atoms with E-state index >= 15 is 0 Å². The molecule has 1 aliphatic heterocycles.